The molecular formula is C9H13N3O2. The average Bonchev–Trinajstić information content (AvgIpc) is 2.19. The average molecular weight is 195 g/mol. The van der Waals surface area contributed by atoms with Crippen LogP contribution in [0, 0.1) is 0 Å². The normalized spacial score (nSPS) is 12.1. The molecule has 0 fully saturated rings. The van der Waals surface area contributed by atoms with Crippen LogP contribution in [0.5, 0.6) is 0 Å². The molecule has 0 aliphatic heterocycles. The number of hydrogen-bond donors (Lipinski definition) is 1. The van der Waals surface area contributed by atoms with E-state index in [2.05, 4.69) is 10.2 Å². The summed E-state index contributed by atoms with van der Waals surface area (Å²) in [6, 6.07) is 2.86. The third kappa shape index (κ3) is 3.10. The van der Waals surface area contributed by atoms with Gasteiger partial charge >= 0.3 is 5.97 Å². The zero-order valence-electron chi connectivity index (χ0n) is 8.01. The smallest absolute Gasteiger partial charge is 0.323 e. The minimum atomic E-state index is -0.661. The van der Waals surface area contributed by atoms with Crippen LogP contribution >= 0.6 is 0 Å². The van der Waals surface area contributed by atoms with Gasteiger partial charge in [0.15, 0.2) is 0 Å². The molecule has 0 aromatic carbocycles. The van der Waals surface area contributed by atoms with Gasteiger partial charge in [-0.3, -0.25) is 4.79 Å². The van der Waals surface area contributed by atoms with E-state index in [9.17, 15) is 4.79 Å². The molecule has 0 spiro atoms. The minimum Gasteiger partial charge on any atom is -0.465 e. The molecule has 14 heavy (non-hydrogen) atoms. The monoisotopic (exact) mass is 195 g/mol. The Morgan fingerprint density at radius 1 is 1.71 bits per heavy atom. The van der Waals surface area contributed by atoms with Gasteiger partial charge in [-0.25, -0.2) is 0 Å². The van der Waals surface area contributed by atoms with Crippen molar-refractivity contribution in [1.29, 1.82) is 0 Å². The topological polar surface area (TPSA) is 78.1 Å². The molecule has 1 unspecified atom stereocenters. The highest BCUT2D eigenvalue weighted by molar-refractivity contribution is 5.75. The molecule has 5 nitrogen and oxygen atoms in total. The van der Waals surface area contributed by atoms with Gasteiger partial charge in [-0.2, -0.15) is 10.2 Å². The molecule has 1 aromatic heterocycles. The SMILES string of the molecule is CCOC(=O)C(N)Cc1cccnn1. The number of hydrogen-bond acceptors (Lipinski definition) is 5. The van der Waals surface area contributed by atoms with E-state index in [0.717, 1.165) is 0 Å². The highest BCUT2D eigenvalue weighted by Crippen LogP contribution is 1.97. The molecule has 0 bridgehead atoms. The zero-order chi connectivity index (χ0) is 10.4. The van der Waals surface area contributed by atoms with Gasteiger partial charge in [0.1, 0.15) is 6.04 Å². The van der Waals surface area contributed by atoms with Crippen LogP contribution < -0.4 is 5.73 Å². The van der Waals surface area contributed by atoms with Crippen LogP contribution in [-0.4, -0.2) is 28.8 Å². The summed E-state index contributed by atoms with van der Waals surface area (Å²) in [6.45, 7) is 2.08. The Balaban J connectivity index is 2.49. The first-order valence-corrected chi connectivity index (χ1v) is 4.42. The maximum atomic E-state index is 11.2. The van der Waals surface area contributed by atoms with Gasteiger partial charge in [-0.15, -0.1) is 0 Å². The molecule has 76 valence electrons. The van der Waals surface area contributed by atoms with Crippen LogP contribution in [0.15, 0.2) is 18.3 Å². The summed E-state index contributed by atoms with van der Waals surface area (Å²) in [5.74, 6) is -0.404. The third-order valence-corrected chi connectivity index (χ3v) is 1.65. The molecule has 1 rings (SSSR count). The largest absolute Gasteiger partial charge is 0.465 e. The molecule has 1 aromatic rings. The van der Waals surface area contributed by atoms with E-state index in [4.69, 9.17) is 10.5 Å². The van der Waals surface area contributed by atoms with Crippen molar-refractivity contribution in [3.63, 3.8) is 0 Å². The predicted octanol–water partition coefficient (Wildman–Crippen LogP) is -0.0905. The van der Waals surface area contributed by atoms with Crippen molar-refractivity contribution < 1.29 is 9.53 Å². The number of rotatable bonds is 4. The molecule has 0 saturated heterocycles. The van der Waals surface area contributed by atoms with Crippen LogP contribution in [0.25, 0.3) is 0 Å². The number of aromatic nitrogens is 2. The number of carbonyl (C=O) groups excluding carboxylic acids is 1. The minimum absolute atomic E-state index is 0.340. The number of esters is 1. The lowest BCUT2D eigenvalue weighted by atomic mass is 10.1. The van der Waals surface area contributed by atoms with Crippen molar-refractivity contribution in [1.82, 2.24) is 10.2 Å². The second-order valence-corrected chi connectivity index (χ2v) is 2.78. The second kappa shape index (κ2) is 5.29. The van der Waals surface area contributed by atoms with E-state index in [0.29, 0.717) is 18.7 Å². The van der Waals surface area contributed by atoms with Crippen molar-refractivity contribution in [2.45, 2.75) is 19.4 Å². The van der Waals surface area contributed by atoms with Gasteiger partial charge in [-0.05, 0) is 19.1 Å². The summed E-state index contributed by atoms with van der Waals surface area (Å²) in [6.07, 6.45) is 1.92. The number of nitrogens with two attached hydrogens (primary N) is 1. The van der Waals surface area contributed by atoms with Crippen LogP contribution in [0.2, 0.25) is 0 Å². The Labute approximate surface area is 82.3 Å². The summed E-state index contributed by atoms with van der Waals surface area (Å²) < 4.78 is 4.76. The highest BCUT2D eigenvalue weighted by atomic mass is 16.5. The summed E-state index contributed by atoms with van der Waals surface area (Å²) >= 11 is 0. The molecule has 0 aliphatic carbocycles. The Morgan fingerprint density at radius 2 is 2.50 bits per heavy atom. The Kier molecular flexibility index (Phi) is 4.00. The van der Waals surface area contributed by atoms with E-state index in [1.807, 2.05) is 0 Å². The van der Waals surface area contributed by atoms with Gasteiger partial charge in [0.25, 0.3) is 0 Å². The second-order valence-electron chi connectivity index (χ2n) is 2.78. The van der Waals surface area contributed by atoms with Crippen molar-refractivity contribution in [2.75, 3.05) is 6.61 Å². The lowest BCUT2D eigenvalue weighted by molar-refractivity contribution is -0.144. The molecule has 0 aliphatic rings. The highest BCUT2D eigenvalue weighted by Gasteiger charge is 2.15. The van der Waals surface area contributed by atoms with Crippen molar-refractivity contribution in [3.05, 3.63) is 24.0 Å². The van der Waals surface area contributed by atoms with E-state index in [-0.39, 0.29) is 0 Å². The predicted molar refractivity (Wildman–Crippen MR) is 50.3 cm³/mol. The lowest BCUT2D eigenvalue weighted by Gasteiger charge is -2.08. The molecule has 1 atom stereocenters. The third-order valence-electron chi connectivity index (χ3n) is 1.65. The van der Waals surface area contributed by atoms with Gasteiger partial charge in [0, 0.05) is 12.6 Å². The maximum absolute atomic E-state index is 11.2. The van der Waals surface area contributed by atoms with Gasteiger partial charge < -0.3 is 10.5 Å². The molecule has 2 N–H and O–H groups in total. The molecule has 0 amide bonds. The molecule has 5 heteroatoms. The Bertz CT molecular complexity index is 289. The number of nitrogens with zero attached hydrogens (tertiary/aromatic N) is 2. The van der Waals surface area contributed by atoms with Crippen LogP contribution in [0.1, 0.15) is 12.6 Å². The summed E-state index contributed by atoms with van der Waals surface area (Å²) in [5.41, 5.74) is 6.28. The molecular weight excluding hydrogens is 182 g/mol. The molecule has 0 radical (unpaired) electrons. The van der Waals surface area contributed by atoms with E-state index in [1.165, 1.54) is 0 Å². The quantitative estimate of drug-likeness (QED) is 0.679. The van der Waals surface area contributed by atoms with E-state index >= 15 is 0 Å². The fourth-order valence-corrected chi connectivity index (χ4v) is 1.00. The fraction of sp³-hybridized carbons (Fsp3) is 0.444. The molecule has 0 saturated carbocycles. The summed E-state index contributed by atoms with van der Waals surface area (Å²) in [5, 5.41) is 7.51. The summed E-state index contributed by atoms with van der Waals surface area (Å²) in [4.78, 5) is 11.2. The first kappa shape index (κ1) is 10.6. The van der Waals surface area contributed by atoms with Gasteiger partial charge in [0.05, 0.1) is 12.3 Å². The first-order valence-electron chi connectivity index (χ1n) is 4.42. The number of carbonyl (C=O) groups is 1. The van der Waals surface area contributed by atoms with Crippen LogP contribution in [-0.2, 0) is 16.0 Å². The first-order chi connectivity index (χ1) is 6.74. The Morgan fingerprint density at radius 3 is 3.07 bits per heavy atom. The molecule has 1 heterocycles. The van der Waals surface area contributed by atoms with Crippen LogP contribution in [0.4, 0.5) is 0 Å². The van der Waals surface area contributed by atoms with Crippen molar-refractivity contribution >= 4 is 5.97 Å². The fourth-order valence-electron chi connectivity index (χ4n) is 1.00. The van der Waals surface area contributed by atoms with Gasteiger partial charge in [0.2, 0.25) is 0 Å². The standard InChI is InChI=1S/C9H13N3O2/c1-2-14-9(13)8(10)6-7-4-3-5-11-12-7/h3-5,8H,2,6,10H2,1H3. The summed E-state index contributed by atoms with van der Waals surface area (Å²) in [7, 11) is 0. The van der Waals surface area contributed by atoms with E-state index in [1.54, 1.807) is 25.3 Å². The maximum Gasteiger partial charge on any atom is 0.323 e. The van der Waals surface area contributed by atoms with Crippen molar-refractivity contribution in [3.8, 4) is 0 Å². The number of ether oxygens (including phenoxy) is 1. The van der Waals surface area contributed by atoms with Crippen LogP contribution in [0.3, 0.4) is 0 Å². The van der Waals surface area contributed by atoms with E-state index < -0.39 is 12.0 Å². The zero-order valence-corrected chi connectivity index (χ0v) is 8.01. The lowest BCUT2D eigenvalue weighted by Crippen LogP contribution is -2.34. The Hall–Kier alpha value is -1.49. The van der Waals surface area contributed by atoms with Gasteiger partial charge in [-0.1, -0.05) is 0 Å². The van der Waals surface area contributed by atoms with Crippen molar-refractivity contribution in [2.24, 2.45) is 5.73 Å².